The minimum Gasteiger partial charge on any atom is -0.497 e. The molecule has 4 rings (SSSR count). The van der Waals surface area contributed by atoms with E-state index in [1.54, 1.807) is 37.6 Å². The average molecular weight is 369 g/mol. The van der Waals surface area contributed by atoms with Gasteiger partial charge >= 0.3 is 6.03 Å². The molecule has 8 heteroatoms. The second-order valence-corrected chi connectivity index (χ2v) is 6.94. The Bertz CT molecular complexity index is 847. The molecule has 1 aromatic heterocycles. The van der Waals surface area contributed by atoms with E-state index in [4.69, 9.17) is 4.74 Å². The molecule has 0 bridgehead atoms. The first-order valence-electron chi connectivity index (χ1n) is 9.02. The van der Waals surface area contributed by atoms with Crippen LogP contribution in [0.4, 0.5) is 4.79 Å². The van der Waals surface area contributed by atoms with E-state index in [0.29, 0.717) is 38.3 Å². The fourth-order valence-corrected chi connectivity index (χ4v) is 3.73. The van der Waals surface area contributed by atoms with Crippen molar-refractivity contribution in [2.45, 2.75) is 12.6 Å². The number of hydrogen-bond acceptors (Lipinski definition) is 4. The maximum Gasteiger partial charge on any atom is 0.320 e. The number of rotatable bonds is 4. The molecule has 3 heterocycles. The van der Waals surface area contributed by atoms with E-state index >= 15 is 0 Å². The number of amides is 3. The molecule has 2 aliphatic rings. The second kappa shape index (κ2) is 6.94. The Morgan fingerprint density at radius 2 is 2.00 bits per heavy atom. The first kappa shape index (κ1) is 17.4. The van der Waals surface area contributed by atoms with Gasteiger partial charge in [-0.15, -0.1) is 0 Å². The van der Waals surface area contributed by atoms with E-state index in [1.165, 1.54) is 0 Å². The first-order chi connectivity index (χ1) is 13.1. The van der Waals surface area contributed by atoms with Gasteiger partial charge < -0.3 is 24.0 Å². The summed E-state index contributed by atoms with van der Waals surface area (Å²) in [5.74, 6) is 1.57. The maximum atomic E-state index is 12.8. The highest BCUT2D eigenvalue weighted by Crippen LogP contribution is 2.23. The van der Waals surface area contributed by atoms with Crippen molar-refractivity contribution in [3.8, 4) is 5.75 Å². The van der Waals surface area contributed by atoms with Gasteiger partial charge in [0.15, 0.2) is 0 Å². The highest BCUT2D eigenvalue weighted by atomic mass is 16.5. The number of methoxy groups -OCH3 is 1. The number of urea groups is 1. The predicted octanol–water partition coefficient (Wildman–Crippen LogP) is 1.19. The van der Waals surface area contributed by atoms with Gasteiger partial charge in [-0.05, 0) is 24.3 Å². The highest BCUT2D eigenvalue weighted by molar-refractivity contribution is 5.94. The number of nitrogens with zero attached hydrogens (tertiary/aromatic N) is 5. The third-order valence-electron chi connectivity index (χ3n) is 5.31. The van der Waals surface area contributed by atoms with Crippen LogP contribution in [0.2, 0.25) is 0 Å². The number of aromatic nitrogens is 2. The molecule has 27 heavy (non-hydrogen) atoms. The Morgan fingerprint density at radius 3 is 2.67 bits per heavy atom. The Balaban J connectivity index is 1.42. The van der Waals surface area contributed by atoms with Gasteiger partial charge in [0.05, 0.1) is 19.7 Å². The zero-order valence-corrected chi connectivity index (χ0v) is 15.5. The van der Waals surface area contributed by atoms with Crippen molar-refractivity contribution in [3.63, 3.8) is 0 Å². The van der Waals surface area contributed by atoms with Crippen molar-refractivity contribution in [2.24, 2.45) is 7.05 Å². The van der Waals surface area contributed by atoms with Crippen LogP contribution in [0.1, 0.15) is 16.2 Å². The monoisotopic (exact) mass is 369 g/mol. The van der Waals surface area contributed by atoms with E-state index in [0.717, 1.165) is 11.6 Å². The Hall–Kier alpha value is -3.03. The SMILES string of the molecule is COc1ccc(C(=O)N2CCN3C(=O)N(Cc4nccn4C)C[C@H]3C2)cc1. The molecule has 2 aromatic rings. The summed E-state index contributed by atoms with van der Waals surface area (Å²) >= 11 is 0. The number of ether oxygens (including phenoxy) is 1. The van der Waals surface area contributed by atoms with Crippen LogP contribution in [0.15, 0.2) is 36.7 Å². The zero-order valence-electron chi connectivity index (χ0n) is 15.5. The second-order valence-electron chi connectivity index (χ2n) is 6.94. The lowest BCUT2D eigenvalue weighted by Crippen LogP contribution is -2.53. The van der Waals surface area contributed by atoms with E-state index in [-0.39, 0.29) is 18.0 Å². The molecule has 2 saturated heterocycles. The first-order valence-corrected chi connectivity index (χ1v) is 9.02. The lowest BCUT2D eigenvalue weighted by Gasteiger charge is -2.36. The van der Waals surface area contributed by atoms with Gasteiger partial charge in [0.1, 0.15) is 11.6 Å². The number of benzene rings is 1. The summed E-state index contributed by atoms with van der Waals surface area (Å²) in [6.07, 6.45) is 3.61. The third kappa shape index (κ3) is 3.22. The molecule has 0 N–H and O–H groups in total. The molecule has 0 spiro atoms. The van der Waals surface area contributed by atoms with Gasteiger partial charge in [0.25, 0.3) is 5.91 Å². The van der Waals surface area contributed by atoms with E-state index in [1.807, 2.05) is 32.5 Å². The zero-order chi connectivity index (χ0) is 19.0. The lowest BCUT2D eigenvalue weighted by molar-refractivity contribution is 0.0617. The molecule has 0 radical (unpaired) electrons. The molecule has 142 valence electrons. The van der Waals surface area contributed by atoms with Crippen LogP contribution in [-0.2, 0) is 13.6 Å². The molecule has 2 aliphatic heterocycles. The molecule has 8 nitrogen and oxygen atoms in total. The number of aryl methyl sites for hydroxylation is 1. The molecule has 0 saturated carbocycles. The molecule has 3 amide bonds. The minimum absolute atomic E-state index is 0.00713. The molecule has 1 aromatic carbocycles. The van der Waals surface area contributed by atoms with E-state index in [9.17, 15) is 9.59 Å². The van der Waals surface area contributed by atoms with Gasteiger partial charge in [0, 0.05) is 51.2 Å². The fourth-order valence-electron chi connectivity index (χ4n) is 3.73. The summed E-state index contributed by atoms with van der Waals surface area (Å²) in [4.78, 5) is 35.3. The summed E-state index contributed by atoms with van der Waals surface area (Å²) < 4.78 is 7.07. The number of hydrogen-bond donors (Lipinski definition) is 0. The van der Waals surface area contributed by atoms with Crippen LogP contribution in [-0.4, -0.2) is 75.5 Å². The van der Waals surface area contributed by atoms with E-state index < -0.39 is 0 Å². The van der Waals surface area contributed by atoms with Crippen LogP contribution in [0.3, 0.4) is 0 Å². The van der Waals surface area contributed by atoms with Crippen LogP contribution >= 0.6 is 0 Å². The smallest absolute Gasteiger partial charge is 0.320 e. The quantitative estimate of drug-likeness (QED) is 0.812. The number of fused-ring (bicyclic) bond motifs is 1. The summed E-state index contributed by atoms with van der Waals surface area (Å²) in [5.41, 5.74) is 0.637. The van der Waals surface area contributed by atoms with Gasteiger partial charge in [-0.1, -0.05) is 0 Å². The fraction of sp³-hybridized carbons (Fsp3) is 0.421. The topological polar surface area (TPSA) is 70.9 Å². The van der Waals surface area contributed by atoms with E-state index in [2.05, 4.69) is 4.98 Å². The van der Waals surface area contributed by atoms with Gasteiger partial charge in [-0.3, -0.25) is 4.79 Å². The third-order valence-corrected chi connectivity index (χ3v) is 5.31. The Labute approximate surface area is 157 Å². The largest absolute Gasteiger partial charge is 0.497 e. The summed E-state index contributed by atoms with van der Waals surface area (Å²) in [6.45, 7) is 2.75. The minimum atomic E-state index is -0.00713. The van der Waals surface area contributed by atoms with Gasteiger partial charge in [0.2, 0.25) is 0 Å². The number of carbonyl (C=O) groups excluding carboxylic acids is 2. The normalized spacial score (nSPS) is 19.4. The summed E-state index contributed by atoms with van der Waals surface area (Å²) in [7, 11) is 3.52. The lowest BCUT2D eigenvalue weighted by atomic mass is 10.1. The predicted molar refractivity (Wildman–Crippen MR) is 98.4 cm³/mol. The van der Waals surface area contributed by atoms with Crippen LogP contribution < -0.4 is 4.74 Å². The van der Waals surface area contributed by atoms with Gasteiger partial charge in [-0.2, -0.15) is 0 Å². The summed E-state index contributed by atoms with van der Waals surface area (Å²) in [6, 6.07) is 7.18. The van der Waals surface area contributed by atoms with Crippen LogP contribution in [0, 0.1) is 0 Å². The average Bonchev–Trinajstić information content (AvgIpc) is 3.24. The standard InChI is InChI=1S/C19H23N5O3/c1-21-8-7-20-17(21)13-23-12-15-11-22(9-10-24(15)19(23)26)18(25)14-3-5-16(27-2)6-4-14/h3-8,15H,9-13H2,1-2H3/t15-/m1/s1. The van der Waals surface area contributed by atoms with Crippen molar-refractivity contribution >= 4 is 11.9 Å². The van der Waals surface area contributed by atoms with Crippen molar-refractivity contribution in [2.75, 3.05) is 33.3 Å². The van der Waals surface area contributed by atoms with Crippen molar-refractivity contribution in [1.29, 1.82) is 0 Å². The van der Waals surface area contributed by atoms with Crippen LogP contribution in [0.25, 0.3) is 0 Å². The molecule has 1 atom stereocenters. The highest BCUT2D eigenvalue weighted by Gasteiger charge is 2.41. The Morgan fingerprint density at radius 1 is 1.22 bits per heavy atom. The van der Waals surface area contributed by atoms with Crippen LogP contribution in [0.5, 0.6) is 5.75 Å². The van der Waals surface area contributed by atoms with Crippen molar-refractivity contribution in [3.05, 3.63) is 48.0 Å². The summed E-state index contributed by atoms with van der Waals surface area (Å²) in [5, 5.41) is 0. The molecular weight excluding hydrogens is 346 g/mol. The molecule has 0 aliphatic carbocycles. The molecule has 0 unspecified atom stereocenters. The number of carbonyl (C=O) groups is 2. The molecule has 2 fully saturated rings. The molecular formula is C19H23N5O3. The maximum absolute atomic E-state index is 12.8. The van der Waals surface area contributed by atoms with Crippen molar-refractivity contribution < 1.29 is 14.3 Å². The van der Waals surface area contributed by atoms with Gasteiger partial charge in [-0.25, -0.2) is 9.78 Å². The number of imidazole rings is 1. The Kier molecular flexibility index (Phi) is 4.47. The van der Waals surface area contributed by atoms with Crippen molar-refractivity contribution in [1.82, 2.24) is 24.3 Å². The number of piperazine rings is 1.